The van der Waals surface area contributed by atoms with Crippen LogP contribution in [0.5, 0.6) is 0 Å². The summed E-state index contributed by atoms with van der Waals surface area (Å²) < 4.78 is 1.92. The molecule has 2 aromatic rings. The molecule has 24 heavy (non-hydrogen) atoms. The second-order valence-electron chi connectivity index (χ2n) is 6.50. The van der Waals surface area contributed by atoms with Crippen molar-refractivity contribution in [3.05, 3.63) is 27.5 Å². The average molecular weight is 350 g/mol. The molecule has 0 aliphatic carbocycles. The van der Waals surface area contributed by atoms with Crippen LogP contribution in [0, 0.1) is 27.7 Å². The Kier molecular flexibility index (Phi) is 5.22. The second kappa shape index (κ2) is 7.21. The lowest BCUT2D eigenvalue weighted by Gasteiger charge is -2.34. The van der Waals surface area contributed by atoms with Gasteiger partial charge in [0.1, 0.15) is 0 Å². The summed E-state index contributed by atoms with van der Waals surface area (Å²) in [7, 11) is 0. The van der Waals surface area contributed by atoms with E-state index in [9.17, 15) is 0 Å². The highest BCUT2D eigenvalue weighted by Crippen LogP contribution is 2.26. The van der Waals surface area contributed by atoms with E-state index in [1.807, 2.05) is 4.68 Å². The third-order valence-electron chi connectivity index (χ3n) is 4.88. The van der Waals surface area contributed by atoms with E-state index in [4.69, 9.17) is 5.11 Å². The van der Waals surface area contributed by atoms with Gasteiger partial charge in [-0.1, -0.05) is 0 Å². The fraction of sp³-hybridized carbons (Fsp3) is 0.647. The van der Waals surface area contributed by atoms with Crippen LogP contribution in [-0.4, -0.2) is 57.6 Å². The molecule has 0 radical (unpaired) electrons. The Bertz CT molecular complexity index is 681. The summed E-state index contributed by atoms with van der Waals surface area (Å²) in [5.74, 6) is 0. The van der Waals surface area contributed by atoms with Gasteiger partial charge in [0.2, 0.25) is 0 Å². The quantitative estimate of drug-likeness (QED) is 0.893. The number of thiazole rings is 1. The Morgan fingerprint density at radius 3 is 2.33 bits per heavy atom. The van der Waals surface area contributed by atoms with Gasteiger partial charge in [-0.15, -0.1) is 11.3 Å². The molecule has 0 atom stereocenters. The molecule has 7 heteroatoms. The number of aliphatic hydroxyl groups excluding tert-OH is 1. The molecule has 0 unspecified atom stereocenters. The van der Waals surface area contributed by atoms with Crippen LogP contribution in [0.25, 0.3) is 0 Å². The lowest BCUT2D eigenvalue weighted by molar-refractivity contribution is 0.248. The van der Waals surface area contributed by atoms with Gasteiger partial charge >= 0.3 is 0 Å². The van der Waals surface area contributed by atoms with E-state index in [2.05, 4.69) is 47.6 Å². The predicted octanol–water partition coefficient (Wildman–Crippen LogP) is 1.89. The van der Waals surface area contributed by atoms with Gasteiger partial charge < -0.3 is 10.0 Å². The standard InChI is InChI=1S/C17H27N5OS/c1-12-15(4)24-17(18-12)21-7-5-20(6-8-21)11-16-13(2)19-22(9-10-23)14(16)3/h23H,5-11H2,1-4H3. The summed E-state index contributed by atoms with van der Waals surface area (Å²) in [4.78, 5) is 10.9. The molecular formula is C17H27N5OS. The topological polar surface area (TPSA) is 57.4 Å². The van der Waals surface area contributed by atoms with Crippen molar-refractivity contribution in [1.82, 2.24) is 19.7 Å². The van der Waals surface area contributed by atoms with Gasteiger partial charge in [-0.3, -0.25) is 9.58 Å². The van der Waals surface area contributed by atoms with Crippen molar-refractivity contribution in [1.29, 1.82) is 0 Å². The highest BCUT2D eigenvalue weighted by atomic mass is 32.1. The van der Waals surface area contributed by atoms with Crippen LogP contribution < -0.4 is 4.90 Å². The van der Waals surface area contributed by atoms with Crippen molar-refractivity contribution in [2.24, 2.45) is 0 Å². The van der Waals surface area contributed by atoms with Gasteiger partial charge in [-0.2, -0.15) is 5.10 Å². The molecule has 0 saturated carbocycles. The molecule has 0 bridgehead atoms. The zero-order valence-electron chi connectivity index (χ0n) is 15.0. The van der Waals surface area contributed by atoms with E-state index >= 15 is 0 Å². The number of piperazine rings is 1. The molecular weight excluding hydrogens is 322 g/mol. The van der Waals surface area contributed by atoms with Crippen LogP contribution in [0.3, 0.4) is 0 Å². The van der Waals surface area contributed by atoms with E-state index in [-0.39, 0.29) is 6.61 Å². The molecule has 1 aliphatic rings. The molecule has 6 nitrogen and oxygen atoms in total. The van der Waals surface area contributed by atoms with Crippen molar-refractivity contribution < 1.29 is 5.11 Å². The molecule has 1 saturated heterocycles. The van der Waals surface area contributed by atoms with Crippen molar-refractivity contribution in [2.75, 3.05) is 37.7 Å². The number of rotatable bonds is 5. The molecule has 1 aliphatic heterocycles. The van der Waals surface area contributed by atoms with Gasteiger partial charge in [0.25, 0.3) is 0 Å². The number of aryl methyl sites for hydroxylation is 3. The largest absolute Gasteiger partial charge is 0.394 e. The highest BCUT2D eigenvalue weighted by molar-refractivity contribution is 7.15. The smallest absolute Gasteiger partial charge is 0.185 e. The van der Waals surface area contributed by atoms with Crippen LogP contribution in [0.15, 0.2) is 0 Å². The fourth-order valence-electron chi connectivity index (χ4n) is 3.19. The first-order valence-electron chi connectivity index (χ1n) is 8.54. The fourth-order valence-corrected chi connectivity index (χ4v) is 4.15. The predicted molar refractivity (Wildman–Crippen MR) is 97.9 cm³/mol. The number of hydrogen-bond acceptors (Lipinski definition) is 6. The maximum absolute atomic E-state index is 9.14. The number of aromatic nitrogens is 3. The maximum Gasteiger partial charge on any atom is 0.185 e. The molecule has 0 amide bonds. The minimum Gasteiger partial charge on any atom is -0.394 e. The van der Waals surface area contributed by atoms with Crippen LogP contribution in [0.4, 0.5) is 5.13 Å². The Morgan fingerprint density at radius 2 is 1.75 bits per heavy atom. The molecule has 132 valence electrons. The monoisotopic (exact) mass is 349 g/mol. The number of nitrogens with zero attached hydrogens (tertiary/aromatic N) is 5. The van der Waals surface area contributed by atoms with Crippen molar-refractivity contribution in [3.8, 4) is 0 Å². The number of aliphatic hydroxyl groups is 1. The zero-order chi connectivity index (χ0) is 17.3. The maximum atomic E-state index is 9.14. The Balaban J connectivity index is 1.61. The first-order chi connectivity index (χ1) is 11.5. The van der Waals surface area contributed by atoms with Gasteiger partial charge in [-0.05, 0) is 27.7 Å². The average Bonchev–Trinajstić information content (AvgIpc) is 3.03. The molecule has 1 N–H and O–H groups in total. The molecule has 0 spiro atoms. The number of anilines is 1. The van der Waals surface area contributed by atoms with Crippen LogP contribution in [0.2, 0.25) is 0 Å². The SMILES string of the molecule is Cc1nc(N2CCN(Cc3c(C)nn(CCO)c3C)CC2)sc1C. The van der Waals surface area contributed by atoms with Crippen LogP contribution in [-0.2, 0) is 13.1 Å². The molecule has 3 rings (SSSR count). The minimum absolute atomic E-state index is 0.132. The summed E-state index contributed by atoms with van der Waals surface area (Å²) in [6, 6.07) is 0. The van der Waals surface area contributed by atoms with Crippen molar-refractivity contribution in [3.63, 3.8) is 0 Å². The van der Waals surface area contributed by atoms with Gasteiger partial charge in [0.15, 0.2) is 5.13 Å². The zero-order valence-corrected chi connectivity index (χ0v) is 15.9. The van der Waals surface area contributed by atoms with E-state index in [0.29, 0.717) is 6.54 Å². The van der Waals surface area contributed by atoms with Crippen LogP contribution in [0.1, 0.15) is 27.5 Å². The summed E-state index contributed by atoms with van der Waals surface area (Å²) in [5.41, 5.74) is 4.71. The molecule has 0 aromatic carbocycles. The van der Waals surface area contributed by atoms with E-state index in [0.717, 1.165) is 49.2 Å². The minimum atomic E-state index is 0.132. The first-order valence-corrected chi connectivity index (χ1v) is 9.36. The molecule has 1 fully saturated rings. The van der Waals surface area contributed by atoms with Crippen LogP contribution >= 0.6 is 11.3 Å². The van der Waals surface area contributed by atoms with E-state index in [1.165, 1.54) is 16.1 Å². The van der Waals surface area contributed by atoms with E-state index in [1.54, 1.807) is 11.3 Å². The Labute approximate surface area is 147 Å². The van der Waals surface area contributed by atoms with Gasteiger partial charge in [-0.25, -0.2) is 4.98 Å². The van der Waals surface area contributed by atoms with E-state index < -0.39 is 0 Å². The molecule has 3 heterocycles. The lowest BCUT2D eigenvalue weighted by Crippen LogP contribution is -2.46. The summed E-state index contributed by atoms with van der Waals surface area (Å²) in [6.45, 7) is 14.2. The highest BCUT2D eigenvalue weighted by Gasteiger charge is 2.22. The van der Waals surface area contributed by atoms with Gasteiger partial charge in [0, 0.05) is 48.9 Å². The normalized spacial score (nSPS) is 16.1. The number of hydrogen-bond donors (Lipinski definition) is 1. The summed E-state index contributed by atoms with van der Waals surface area (Å²) in [6.07, 6.45) is 0. The summed E-state index contributed by atoms with van der Waals surface area (Å²) >= 11 is 1.80. The third-order valence-corrected chi connectivity index (χ3v) is 6.02. The third kappa shape index (κ3) is 3.48. The Morgan fingerprint density at radius 1 is 1.04 bits per heavy atom. The molecule has 2 aromatic heterocycles. The second-order valence-corrected chi connectivity index (χ2v) is 7.68. The summed E-state index contributed by atoms with van der Waals surface area (Å²) in [5, 5.41) is 14.9. The Hall–Kier alpha value is -1.44. The first kappa shape index (κ1) is 17.4. The van der Waals surface area contributed by atoms with Crippen molar-refractivity contribution >= 4 is 16.5 Å². The lowest BCUT2D eigenvalue weighted by atomic mass is 10.1. The van der Waals surface area contributed by atoms with Gasteiger partial charge in [0.05, 0.1) is 24.5 Å². The van der Waals surface area contributed by atoms with Crippen molar-refractivity contribution in [2.45, 2.75) is 40.8 Å².